The van der Waals surface area contributed by atoms with Crippen LogP contribution < -0.4 is 0 Å². The molecule has 0 saturated heterocycles. The first-order valence-corrected chi connectivity index (χ1v) is 2.67. The van der Waals surface area contributed by atoms with Gasteiger partial charge in [-0.15, -0.1) is 0 Å². The van der Waals surface area contributed by atoms with Crippen LogP contribution in [-0.2, 0) is 0 Å². The van der Waals surface area contributed by atoms with Gasteiger partial charge in [0.1, 0.15) is 0 Å². The minimum Gasteiger partial charge on any atom is -0.336 e. The van der Waals surface area contributed by atoms with E-state index >= 15 is 0 Å². The summed E-state index contributed by atoms with van der Waals surface area (Å²) in [6.07, 6.45) is -9.86. The molecule has 0 saturated carbocycles. The van der Waals surface area contributed by atoms with Gasteiger partial charge in [0.25, 0.3) is 0 Å². The van der Waals surface area contributed by atoms with E-state index in [2.05, 4.69) is 0 Å². The Kier molecular flexibility index (Phi) is 2.22. The number of halogens is 5. The average Bonchev–Trinajstić information content (AvgIpc) is 1.58. The SMILES string of the molecule is CC(C)(C(O)(F)F)C(F)(F)F. The number of hydrogen-bond donors (Lipinski definition) is 1. The molecule has 0 aliphatic heterocycles. The van der Waals surface area contributed by atoms with Gasteiger partial charge in [0.15, 0.2) is 5.41 Å². The van der Waals surface area contributed by atoms with Crippen molar-refractivity contribution in [3.63, 3.8) is 0 Å². The quantitative estimate of drug-likeness (QED) is 0.610. The summed E-state index contributed by atoms with van der Waals surface area (Å²) in [4.78, 5) is 0. The second kappa shape index (κ2) is 2.30. The molecule has 0 aromatic heterocycles. The molecule has 0 heterocycles. The zero-order valence-corrected chi connectivity index (χ0v) is 5.84. The molecular weight excluding hydrogens is 171 g/mol. The van der Waals surface area contributed by atoms with Gasteiger partial charge in [-0.05, 0) is 13.8 Å². The van der Waals surface area contributed by atoms with Gasteiger partial charge in [0.05, 0.1) is 0 Å². The lowest BCUT2D eigenvalue weighted by Crippen LogP contribution is -2.47. The molecule has 0 amide bonds. The lowest BCUT2D eigenvalue weighted by atomic mass is 9.91. The van der Waals surface area contributed by atoms with Crippen LogP contribution in [-0.4, -0.2) is 17.4 Å². The Morgan fingerprint density at radius 1 is 0.909 bits per heavy atom. The lowest BCUT2D eigenvalue weighted by Gasteiger charge is -2.31. The Morgan fingerprint density at radius 2 is 1.18 bits per heavy atom. The first-order chi connectivity index (χ1) is 4.50. The maximum atomic E-state index is 11.8. The van der Waals surface area contributed by atoms with Crippen LogP contribution in [0.25, 0.3) is 0 Å². The van der Waals surface area contributed by atoms with Crippen LogP contribution in [0.2, 0.25) is 0 Å². The minimum atomic E-state index is -5.12. The fourth-order valence-corrected chi connectivity index (χ4v) is 0.171. The second-order valence-electron chi connectivity index (χ2n) is 2.66. The highest BCUT2D eigenvalue weighted by atomic mass is 19.4. The number of alkyl halides is 5. The summed E-state index contributed by atoms with van der Waals surface area (Å²) >= 11 is 0. The molecule has 1 N–H and O–H groups in total. The van der Waals surface area contributed by atoms with Gasteiger partial charge < -0.3 is 5.11 Å². The molecule has 0 unspecified atom stereocenters. The third-order valence-electron chi connectivity index (χ3n) is 1.46. The molecule has 68 valence electrons. The molecule has 0 radical (unpaired) electrons. The van der Waals surface area contributed by atoms with Crippen LogP contribution in [0.5, 0.6) is 0 Å². The third kappa shape index (κ3) is 1.79. The molecule has 0 rings (SSSR count). The molecule has 11 heavy (non-hydrogen) atoms. The smallest absolute Gasteiger partial charge is 0.336 e. The second-order valence-corrected chi connectivity index (χ2v) is 2.66. The van der Waals surface area contributed by atoms with Gasteiger partial charge in [-0.1, -0.05) is 0 Å². The average molecular weight is 178 g/mol. The summed E-state index contributed by atoms with van der Waals surface area (Å²) in [5.74, 6) is 0. The zero-order valence-electron chi connectivity index (χ0n) is 5.84. The van der Waals surface area contributed by atoms with Crippen molar-refractivity contribution in [2.45, 2.75) is 26.1 Å². The molecular formula is C5H7F5O. The topological polar surface area (TPSA) is 20.2 Å². The third-order valence-corrected chi connectivity index (χ3v) is 1.46. The summed E-state index contributed by atoms with van der Waals surface area (Å²) in [5, 5.41) is 7.83. The van der Waals surface area contributed by atoms with Crippen LogP contribution in [0.15, 0.2) is 0 Å². The largest absolute Gasteiger partial charge is 0.402 e. The van der Waals surface area contributed by atoms with Crippen molar-refractivity contribution in [2.75, 3.05) is 0 Å². The number of aliphatic hydroxyl groups is 1. The highest BCUT2D eigenvalue weighted by Gasteiger charge is 2.62. The zero-order chi connectivity index (χ0) is 9.50. The van der Waals surface area contributed by atoms with Gasteiger partial charge in [0, 0.05) is 0 Å². The summed E-state index contributed by atoms with van der Waals surface area (Å²) in [7, 11) is 0. The van der Waals surface area contributed by atoms with Crippen molar-refractivity contribution in [3.8, 4) is 0 Å². The highest BCUT2D eigenvalue weighted by molar-refractivity contribution is 4.83. The Balaban J connectivity index is 4.75. The summed E-state index contributed by atoms with van der Waals surface area (Å²) in [5.41, 5.74) is -3.40. The van der Waals surface area contributed by atoms with E-state index in [-0.39, 0.29) is 13.8 Å². The van der Waals surface area contributed by atoms with Crippen LogP contribution in [0.3, 0.4) is 0 Å². The summed E-state index contributed by atoms with van der Waals surface area (Å²) < 4.78 is 58.7. The predicted molar refractivity (Wildman–Crippen MR) is 27.0 cm³/mol. The van der Waals surface area contributed by atoms with E-state index in [0.717, 1.165) is 0 Å². The normalized spacial score (nSPS) is 15.3. The van der Waals surface area contributed by atoms with E-state index in [1.807, 2.05) is 0 Å². The Morgan fingerprint density at radius 3 is 1.18 bits per heavy atom. The predicted octanol–water partition coefficient (Wildman–Crippen LogP) is 2.16. The molecule has 0 aromatic rings. The molecule has 0 spiro atoms. The maximum absolute atomic E-state index is 11.8. The van der Waals surface area contributed by atoms with Gasteiger partial charge >= 0.3 is 12.3 Å². The fraction of sp³-hybridized carbons (Fsp3) is 1.00. The summed E-state index contributed by atoms with van der Waals surface area (Å²) in [6.45, 7) is 0.458. The standard InChI is InChI=1S/C5H7F5O/c1-3(2,4(6,7)8)5(9,10)11/h11H,1-2H3. The molecule has 0 aromatic carbocycles. The van der Waals surface area contributed by atoms with E-state index < -0.39 is 17.7 Å². The molecule has 0 aliphatic carbocycles. The van der Waals surface area contributed by atoms with E-state index in [9.17, 15) is 22.0 Å². The monoisotopic (exact) mass is 178 g/mol. The van der Waals surface area contributed by atoms with Crippen molar-refractivity contribution in [3.05, 3.63) is 0 Å². The van der Waals surface area contributed by atoms with Crippen molar-refractivity contribution in [1.29, 1.82) is 0 Å². The maximum Gasteiger partial charge on any atom is 0.402 e. The van der Waals surface area contributed by atoms with Gasteiger partial charge in [-0.3, -0.25) is 0 Å². The van der Waals surface area contributed by atoms with Crippen molar-refractivity contribution in [1.82, 2.24) is 0 Å². The van der Waals surface area contributed by atoms with E-state index in [1.165, 1.54) is 0 Å². The summed E-state index contributed by atoms with van der Waals surface area (Å²) in [6, 6.07) is 0. The van der Waals surface area contributed by atoms with Crippen molar-refractivity contribution < 1.29 is 27.1 Å². The van der Waals surface area contributed by atoms with Gasteiger partial charge in [-0.2, -0.15) is 22.0 Å². The van der Waals surface area contributed by atoms with Gasteiger partial charge in [-0.25, -0.2) is 0 Å². The molecule has 0 fully saturated rings. The van der Waals surface area contributed by atoms with Crippen molar-refractivity contribution in [2.24, 2.45) is 5.41 Å². The van der Waals surface area contributed by atoms with E-state index in [4.69, 9.17) is 5.11 Å². The van der Waals surface area contributed by atoms with Crippen LogP contribution in [0.4, 0.5) is 22.0 Å². The number of rotatable bonds is 1. The minimum absolute atomic E-state index is 0.229. The lowest BCUT2D eigenvalue weighted by molar-refractivity contribution is -0.357. The van der Waals surface area contributed by atoms with Crippen molar-refractivity contribution >= 4 is 0 Å². The first-order valence-electron chi connectivity index (χ1n) is 2.67. The van der Waals surface area contributed by atoms with Crippen LogP contribution >= 0.6 is 0 Å². The fourth-order valence-electron chi connectivity index (χ4n) is 0.171. The highest BCUT2D eigenvalue weighted by Crippen LogP contribution is 2.47. The van der Waals surface area contributed by atoms with Gasteiger partial charge in [0.2, 0.25) is 0 Å². The Labute approximate surface area is 59.8 Å². The Bertz CT molecular complexity index is 126. The molecule has 0 aliphatic rings. The van der Waals surface area contributed by atoms with E-state index in [0.29, 0.717) is 0 Å². The number of hydrogen-bond acceptors (Lipinski definition) is 1. The van der Waals surface area contributed by atoms with E-state index in [1.54, 1.807) is 0 Å². The van der Waals surface area contributed by atoms with Crippen LogP contribution in [0.1, 0.15) is 13.8 Å². The molecule has 1 nitrogen and oxygen atoms in total. The molecule has 0 atom stereocenters. The molecule has 6 heteroatoms. The molecule has 0 bridgehead atoms. The van der Waals surface area contributed by atoms with Crippen LogP contribution in [0, 0.1) is 5.41 Å². The Hall–Kier alpha value is -0.390. The first kappa shape index (κ1) is 10.6.